The number of amides is 1. The molecule has 17 unspecified atom stereocenters. The zero-order valence-corrected chi connectivity index (χ0v) is 52.1. The Bertz CT molecular complexity index is 1740. The van der Waals surface area contributed by atoms with E-state index in [-0.39, 0.29) is 18.9 Å². The fraction of sp³-hybridized carbons (Fsp3) is 0.864. The van der Waals surface area contributed by atoms with Gasteiger partial charge in [0.25, 0.3) is 0 Å². The minimum atomic E-state index is -1.98. The van der Waals surface area contributed by atoms with E-state index in [1.807, 2.05) is 6.08 Å². The van der Waals surface area contributed by atoms with Crippen molar-refractivity contribution in [2.75, 3.05) is 26.4 Å². The Kier molecular flexibility index (Phi) is 44.0. The average Bonchev–Trinajstić information content (AvgIpc) is 3.60. The molecule has 0 saturated carbocycles. The van der Waals surface area contributed by atoms with Crippen molar-refractivity contribution >= 4 is 5.91 Å². The second-order valence-electron chi connectivity index (χ2n) is 23.9. The van der Waals surface area contributed by atoms with Crippen LogP contribution in [-0.4, -0.2) is 193 Å². The molecule has 12 N–H and O–H groups in total. The summed E-state index contributed by atoms with van der Waals surface area (Å²) in [7, 11) is 0. The molecule has 19 nitrogen and oxygen atoms in total. The quantitative estimate of drug-likeness (QED) is 0.0204. The molecule has 3 aliphatic heterocycles. The Morgan fingerprint density at radius 2 is 0.812 bits per heavy atom. The van der Waals surface area contributed by atoms with Crippen molar-refractivity contribution in [3.63, 3.8) is 0 Å². The highest BCUT2D eigenvalue weighted by Gasteiger charge is 2.53. The zero-order valence-electron chi connectivity index (χ0n) is 52.1. The summed E-state index contributed by atoms with van der Waals surface area (Å²) >= 11 is 0. The van der Waals surface area contributed by atoms with Crippen molar-refractivity contribution in [2.24, 2.45) is 0 Å². The molecular weight excluding hydrogens is 1090 g/mol. The highest BCUT2D eigenvalue weighted by atomic mass is 16.8. The number of carbonyl (C=O) groups is 1. The number of unbranched alkanes of at least 4 members (excludes halogenated alkanes) is 28. The Morgan fingerprint density at radius 3 is 1.27 bits per heavy atom. The summed E-state index contributed by atoms with van der Waals surface area (Å²) in [6.07, 6.45) is 29.7. The predicted octanol–water partition coefficient (Wildman–Crippen LogP) is 7.83. The molecule has 0 aliphatic carbocycles. The van der Waals surface area contributed by atoms with E-state index in [0.29, 0.717) is 6.42 Å². The first-order chi connectivity index (χ1) is 41.3. The first-order valence-electron chi connectivity index (χ1n) is 33.4. The van der Waals surface area contributed by atoms with Gasteiger partial charge in [0.05, 0.1) is 38.6 Å². The first kappa shape index (κ1) is 77.0. The number of carbonyl (C=O) groups excluding carboxylic acids is 1. The van der Waals surface area contributed by atoms with Gasteiger partial charge in [0.15, 0.2) is 18.9 Å². The van der Waals surface area contributed by atoms with Gasteiger partial charge in [0.2, 0.25) is 5.91 Å². The lowest BCUT2D eigenvalue weighted by molar-refractivity contribution is -0.379. The van der Waals surface area contributed by atoms with Crippen LogP contribution < -0.4 is 5.32 Å². The smallest absolute Gasteiger partial charge is 0.220 e. The van der Waals surface area contributed by atoms with E-state index in [1.54, 1.807) is 6.08 Å². The van der Waals surface area contributed by atoms with Gasteiger partial charge in [-0.25, -0.2) is 0 Å². The van der Waals surface area contributed by atoms with Gasteiger partial charge in [-0.05, 0) is 51.4 Å². The largest absolute Gasteiger partial charge is 0.394 e. The van der Waals surface area contributed by atoms with Crippen molar-refractivity contribution < 1.29 is 89.4 Å². The summed E-state index contributed by atoms with van der Waals surface area (Å²) in [4.78, 5) is 13.3. The van der Waals surface area contributed by atoms with Crippen LogP contribution in [0.5, 0.6) is 0 Å². The Labute approximate surface area is 510 Å². The maximum Gasteiger partial charge on any atom is 0.220 e. The number of hydrogen-bond acceptors (Lipinski definition) is 18. The van der Waals surface area contributed by atoms with Gasteiger partial charge >= 0.3 is 0 Å². The molecule has 0 radical (unpaired) electrons. The molecule has 3 rings (SSSR count). The molecule has 496 valence electrons. The van der Waals surface area contributed by atoms with Crippen LogP contribution >= 0.6 is 0 Å². The summed E-state index contributed by atoms with van der Waals surface area (Å²) in [5.74, 6) is -0.304. The van der Waals surface area contributed by atoms with Gasteiger partial charge < -0.3 is 89.9 Å². The molecule has 0 aromatic rings. The van der Waals surface area contributed by atoms with Crippen LogP contribution in [0.2, 0.25) is 0 Å². The number of nitrogens with one attached hydrogen (secondary N) is 1. The van der Waals surface area contributed by atoms with Gasteiger partial charge in [0.1, 0.15) is 73.2 Å². The first-order valence-corrected chi connectivity index (χ1v) is 33.4. The number of aliphatic hydroxyl groups excluding tert-OH is 11. The SMILES string of the molecule is CC/C=C\C/C=C\C/C=C\CCCCCC(=O)NC(COC1OC(CO)C(OC2OC(CO)C(OC3OC(CO)C(O)C(O)C3O)C(O)C2O)C(O)C1O)C(O)/C=C/CCCCCCCCCCCCCCCCCCCCCCCCCCC. The minimum absolute atomic E-state index is 0.207. The second-order valence-corrected chi connectivity index (χ2v) is 23.9. The molecule has 3 fully saturated rings. The normalized spacial score (nSPS) is 29.3. The molecule has 3 aliphatic rings. The monoisotopic (exact) mass is 1210 g/mol. The van der Waals surface area contributed by atoms with E-state index in [9.17, 15) is 61.0 Å². The van der Waals surface area contributed by atoms with Gasteiger partial charge in [0, 0.05) is 6.42 Å². The van der Waals surface area contributed by atoms with Crippen molar-refractivity contribution in [2.45, 2.75) is 336 Å². The zero-order chi connectivity index (χ0) is 61.9. The van der Waals surface area contributed by atoms with Crippen LogP contribution in [0, 0.1) is 0 Å². The van der Waals surface area contributed by atoms with Crippen molar-refractivity contribution in [3.05, 3.63) is 48.6 Å². The fourth-order valence-electron chi connectivity index (χ4n) is 11.2. The lowest BCUT2D eigenvalue weighted by Crippen LogP contribution is -2.66. The van der Waals surface area contributed by atoms with E-state index in [1.165, 1.54) is 141 Å². The molecule has 3 heterocycles. The van der Waals surface area contributed by atoms with E-state index in [0.717, 1.165) is 64.2 Å². The number of allylic oxidation sites excluding steroid dienone is 7. The third kappa shape index (κ3) is 31.4. The van der Waals surface area contributed by atoms with Crippen LogP contribution in [-0.2, 0) is 33.2 Å². The van der Waals surface area contributed by atoms with E-state index in [2.05, 4.69) is 55.6 Å². The van der Waals surface area contributed by atoms with Crippen LogP contribution in [0.15, 0.2) is 48.6 Å². The van der Waals surface area contributed by atoms with E-state index in [4.69, 9.17) is 28.4 Å². The van der Waals surface area contributed by atoms with Crippen LogP contribution in [0.1, 0.15) is 232 Å². The average molecular weight is 1210 g/mol. The molecule has 3 saturated heterocycles. The maximum absolute atomic E-state index is 13.3. The summed E-state index contributed by atoms with van der Waals surface area (Å²) in [6.45, 7) is 1.59. The standard InChI is InChI=1S/C66H119NO18/c1-3-5-7-9-11-13-15-17-18-19-20-21-22-23-24-25-26-27-28-29-30-32-33-35-37-39-41-43-50(71)49(67-54(72)44-42-40-38-36-34-31-16-14-12-10-8-6-4-2)48-80-64-60(78)57(75)62(52(46-69)82-64)85-66-61(79)58(76)63(53(47-70)83-66)84-65-59(77)56(74)55(73)51(45-68)81-65/h6,8,12,14,31,34,41,43,49-53,55-66,68-71,73-79H,3-5,7,9-11,13,15-30,32-33,35-40,42,44-48H2,1-2H3,(H,67,72)/b8-6-,14-12-,34-31-,43-41+. The highest BCUT2D eigenvalue weighted by molar-refractivity contribution is 5.76. The number of rotatable bonds is 50. The second kappa shape index (κ2) is 48.6. The lowest BCUT2D eigenvalue weighted by atomic mass is 9.96. The number of ether oxygens (including phenoxy) is 6. The molecule has 0 aromatic carbocycles. The number of aliphatic hydroxyl groups is 11. The van der Waals surface area contributed by atoms with Crippen LogP contribution in [0.25, 0.3) is 0 Å². The Balaban J connectivity index is 1.43. The lowest BCUT2D eigenvalue weighted by Gasteiger charge is -2.48. The number of hydrogen-bond donors (Lipinski definition) is 12. The van der Waals surface area contributed by atoms with Gasteiger partial charge in [-0.2, -0.15) is 0 Å². The van der Waals surface area contributed by atoms with E-state index < -0.39 is 124 Å². The van der Waals surface area contributed by atoms with Gasteiger partial charge in [-0.3, -0.25) is 4.79 Å². The van der Waals surface area contributed by atoms with Gasteiger partial charge in [-0.1, -0.05) is 223 Å². The third-order valence-electron chi connectivity index (χ3n) is 16.6. The van der Waals surface area contributed by atoms with Crippen molar-refractivity contribution in [1.82, 2.24) is 5.32 Å². The van der Waals surface area contributed by atoms with Crippen LogP contribution in [0.4, 0.5) is 0 Å². The molecule has 1 amide bonds. The Morgan fingerprint density at radius 1 is 0.435 bits per heavy atom. The molecule has 17 atom stereocenters. The van der Waals surface area contributed by atoms with Gasteiger partial charge in [-0.15, -0.1) is 0 Å². The third-order valence-corrected chi connectivity index (χ3v) is 16.6. The van der Waals surface area contributed by atoms with Crippen LogP contribution in [0.3, 0.4) is 0 Å². The predicted molar refractivity (Wildman–Crippen MR) is 328 cm³/mol. The van der Waals surface area contributed by atoms with Crippen molar-refractivity contribution in [1.29, 1.82) is 0 Å². The minimum Gasteiger partial charge on any atom is -0.394 e. The summed E-state index contributed by atoms with van der Waals surface area (Å²) in [6, 6.07) is -0.989. The molecule has 0 bridgehead atoms. The summed E-state index contributed by atoms with van der Waals surface area (Å²) in [5, 5.41) is 120. The molecule has 85 heavy (non-hydrogen) atoms. The Hall–Kier alpha value is -2.25. The molecule has 0 spiro atoms. The molecule has 19 heteroatoms. The molecule has 0 aromatic heterocycles. The summed E-state index contributed by atoms with van der Waals surface area (Å²) < 4.78 is 34.3. The fourth-order valence-corrected chi connectivity index (χ4v) is 11.2. The van der Waals surface area contributed by atoms with E-state index >= 15 is 0 Å². The van der Waals surface area contributed by atoms with Crippen molar-refractivity contribution in [3.8, 4) is 0 Å². The highest BCUT2D eigenvalue weighted by Crippen LogP contribution is 2.33. The summed E-state index contributed by atoms with van der Waals surface area (Å²) in [5.41, 5.74) is 0. The molecular formula is C66H119NO18. The topological polar surface area (TPSA) is 307 Å². The maximum atomic E-state index is 13.3.